The van der Waals surface area contributed by atoms with Crippen molar-refractivity contribution in [2.24, 2.45) is 5.73 Å². The fraction of sp³-hybridized carbons (Fsp3) is 0.400. The van der Waals surface area contributed by atoms with Gasteiger partial charge in [-0.15, -0.1) is 0 Å². The van der Waals surface area contributed by atoms with Crippen LogP contribution >= 0.6 is 0 Å². The molecule has 14 heavy (non-hydrogen) atoms. The van der Waals surface area contributed by atoms with Crippen LogP contribution in [0.15, 0.2) is 12.3 Å². The molecule has 3 rings (SSSR count). The molecule has 1 fully saturated rings. The first kappa shape index (κ1) is 7.94. The summed E-state index contributed by atoms with van der Waals surface area (Å²) in [5, 5.41) is 0. The lowest BCUT2D eigenvalue weighted by Crippen LogP contribution is -1.96. The minimum absolute atomic E-state index is 0.528. The van der Waals surface area contributed by atoms with Gasteiger partial charge in [-0.1, -0.05) is 0 Å². The maximum absolute atomic E-state index is 5.55. The molecule has 2 aromatic heterocycles. The average Bonchev–Trinajstić information content (AvgIpc) is 2.97. The number of H-pyrrole nitrogens is 1. The Labute approximate surface area is 81.6 Å². The molecule has 0 spiro atoms. The lowest BCUT2D eigenvalue weighted by Gasteiger charge is -1.93. The number of nitrogens with one attached hydrogen (secondary N) is 1. The summed E-state index contributed by atoms with van der Waals surface area (Å²) in [6, 6.07) is 2.03. The number of rotatable bonds is 2. The average molecular weight is 188 g/mol. The Morgan fingerprint density at radius 1 is 1.50 bits per heavy atom. The van der Waals surface area contributed by atoms with Gasteiger partial charge in [0.1, 0.15) is 5.82 Å². The lowest BCUT2D eigenvalue weighted by molar-refractivity contribution is 0.983. The molecule has 0 unspecified atom stereocenters. The normalized spacial score (nSPS) is 16.4. The van der Waals surface area contributed by atoms with Crippen molar-refractivity contribution in [3.63, 3.8) is 0 Å². The van der Waals surface area contributed by atoms with Crippen LogP contribution in [-0.4, -0.2) is 15.0 Å². The zero-order valence-corrected chi connectivity index (χ0v) is 7.83. The molecule has 72 valence electrons. The van der Waals surface area contributed by atoms with Crippen molar-refractivity contribution in [1.82, 2.24) is 15.0 Å². The molecule has 0 radical (unpaired) electrons. The minimum Gasteiger partial charge on any atom is -0.340 e. The van der Waals surface area contributed by atoms with Gasteiger partial charge in [0, 0.05) is 18.7 Å². The van der Waals surface area contributed by atoms with Gasteiger partial charge in [0.15, 0.2) is 5.65 Å². The second-order valence-electron chi connectivity index (χ2n) is 3.82. The molecule has 1 saturated carbocycles. The van der Waals surface area contributed by atoms with Crippen molar-refractivity contribution in [3.05, 3.63) is 23.7 Å². The van der Waals surface area contributed by atoms with Crippen LogP contribution in [-0.2, 0) is 6.54 Å². The van der Waals surface area contributed by atoms with E-state index >= 15 is 0 Å². The third kappa shape index (κ3) is 1.19. The summed E-state index contributed by atoms with van der Waals surface area (Å²) in [5.74, 6) is 1.73. The van der Waals surface area contributed by atoms with Gasteiger partial charge in [0.05, 0.1) is 5.52 Å². The maximum atomic E-state index is 5.55. The Morgan fingerprint density at radius 3 is 3.07 bits per heavy atom. The molecule has 3 N–H and O–H groups in total. The standard InChI is InChI=1S/C10H12N4/c11-4-6-3-8-10(12-5-6)14-9(13-8)7-1-2-7/h3,5,7H,1-2,4,11H2,(H,12,13,14). The van der Waals surface area contributed by atoms with Gasteiger partial charge >= 0.3 is 0 Å². The Balaban J connectivity index is 2.12. The van der Waals surface area contributed by atoms with Gasteiger partial charge < -0.3 is 10.7 Å². The number of pyridine rings is 1. The number of nitrogens with zero attached hydrogens (tertiary/aromatic N) is 2. The van der Waals surface area contributed by atoms with Crippen molar-refractivity contribution in [1.29, 1.82) is 0 Å². The molecule has 0 amide bonds. The molecule has 0 aromatic carbocycles. The molecule has 4 nitrogen and oxygen atoms in total. The van der Waals surface area contributed by atoms with E-state index in [-0.39, 0.29) is 0 Å². The third-order valence-corrected chi connectivity index (χ3v) is 2.61. The van der Waals surface area contributed by atoms with Crippen LogP contribution < -0.4 is 5.73 Å². The minimum atomic E-state index is 0.528. The molecule has 1 aliphatic rings. The summed E-state index contributed by atoms with van der Waals surface area (Å²) < 4.78 is 0. The summed E-state index contributed by atoms with van der Waals surface area (Å²) in [5.41, 5.74) is 8.41. The van der Waals surface area contributed by atoms with E-state index in [0.29, 0.717) is 12.5 Å². The number of hydrogen-bond donors (Lipinski definition) is 2. The molecule has 0 saturated heterocycles. The Kier molecular flexibility index (Phi) is 1.58. The van der Waals surface area contributed by atoms with Crippen molar-refractivity contribution in [2.75, 3.05) is 0 Å². The molecule has 0 bridgehead atoms. The summed E-state index contributed by atoms with van der Waals surface area (Å²) in [4.78, 5) is 12.0. The molecular formula is C10H12N4. The number of fused-ring (bicyclic) bond motifs is 1. The largest absolute Gasteiger partial charge is 0.340 e. The Hall–Kier alpha value is -1.42. The van der Waals surface area contributed by atoms with Gasteiger partial charge in [0.25, 0.3) is 0 Å². The van der Waals surface area contributed by atoms with E-state index in [2.05, 4.69) is 15.0 Å². The van der Waals surface area contributed by atoms with Crippen LogP contribution in [0.4, 0.5) is 0 Å². The van der Waals surface area contributed by atoms with Crippen LogP contribution in [0.2, 0.25) is 0 Å². The highest BCUT2D eigenvalue weighted by atomic mass is 15.0. The molecule has 2 aromatic rings. The smallest absolute Gasteiger partial charge is 0.177 e. The fourth-order valence-electron chi connectivity index (χ4n) is 1.62. The lowest BCUT2D eigenvalue weighted by atomic mass is 10.3. The summed E-state index contributed by atoms with van der Waals surface area (Å²) in [7, 11) is 0. The topological polar surface area (TPSA) is 67.6 Å². The van der Waals surface area contributed by atoms with Crippen LogP contribution in [0, 0.1) is 0 Å². The molecule has 0 aliphatic heterocycles. The molecular weight excluding hydrogens is 176 g/mol. The van der Waals surface area contributed by atoms with Gasteiger partial charge in [-0.3, -0.25) is 0 Å². The van der Waals surface area contributed by atoms with Crippen LogP contribution in [0.1, 0.15) is 30.1 Å². The zero-order chi connectivity index (χ0) is 9.54. The summed E-state index contributed by atoms with van der Waals surface area (Å²) in [6.45, 7) is 0.528. The number of hydrogen-bond acceptors (Lipinski definition) is 3. The number of aromatic amines is 1. The van der Waals surface area contributed by atoms with Crippen molar-refractivity contribution >= 4 is 11.2 Å². The Morgan fingerprint density at radius 2 is 2.36 bits per heavy atom. The molecule has 1 aliphatic carbocycles. The summed E-state index contributed by atoms with van der Waals surface area (Å²) in [6.07, 6.45) is 4.30. The van der Waals surface area contributed by atoms with Gasteiger partial charge in [0.2, 0.25) is 0 Å². The maximum Gasteiger partial charge on any atom is 0.177 e. The summed E-state index contributed by atoms with van der Waals surface area (Å²) >= 11 is 0. The van der Waals surface area contributed by atoms with Crippen LogP contribution in [0.3, 0.4) is 0 Å². The van der Waals surface area contributed by atoms with Gasteiger partial charge in [-0.25, -0.2) is 9.97 Å². The van der Waals surface area contributed by atoms with E-state index in [4.69, 9.17) is 5.73 Å². The fourth-order valence-corrected chi connectivity index (χ4v) is 1.62. The monoisotopic (exact) mass is 188 g/mol. The predicted molar refractivity (Wildman–Crippen MR) is 53.8 cm³/mol. The predicted octanol–water partition coefficient (Wildman–Crippen LogP) is 1.29. The van der Waals surface area contributed by atoms with E-state index in [1.165, 1.54) is 12.8 Å². The van der Waals surface area contributed by atoms with E-state index in [0.717, 1.165) is 22.6 Å². The highest BCUT2D eigenvalue weighted by Crippen LogP contribution is 2.38. The highest BCUT2D eigenvalue weighted by Gasteiger charge is 2.26. The van der Waals surface area contributed by atoms with Gasteiger partial charge in [-0.2, -0.15) is 0 Å². The quantitative estimate of drug-likeness (QED) is 0.746. The van der Waals surface area contributed by atoms with E-state index in [9.17, 15) is 0 Å². The SMILES string of the molecule is NCc1cnc2nc(C3CC3)[nH]c2c1. The van der Waals surface area contributed by atoms with Crippen LogP contribution in [0.5, 0.6) is 0 Å². The Bertz CT molecular complexity index is 470. The van der Waals surface area contributed by atoms with E-state index in [1.807, 2.05) is 6.07 Å². The molecule has 0 atom stereocenters. The first-order valence-corrected chi connectivity index (χ1v) is 4.91. The first-order valence-electron chi connectivity index (χ1n) is 4.91. The number of nitrogens with two attached hydrogens (primary N) is 1. The molecule has 4 heteroatoms. The molecule has 2 heterocycles. The van der Waals surface area contributed by atoms with Crippen molar-refractivity contribution in [2.45, 2.75) is 25.3 Å². The van der Waals surface area contributed by atoms with E-state index in [1.54, 1.807) is 6.20 Å². The zero-order valence-electron chi connectivity index (χ0n) is 7.83. The second-order valence-corrected chi connectivity index (χ2v) is 3.82. The third-order valence-electron chi connectivity index (χ3n) is 2.61. The van der Waals surface area contributed by atoms with E-state index < -0.39 is 0 Å². The second kappa shape index (κ2) is 2.78. The van der Waals surface area contributed by atoms with Crippen LogP contribution in [0.25, 0.3) is 11.2 Å². The van der Waals surface area contributed by atoms with Gasteiger partial charge in [-0.05, 0) is 24.5 Å². The van der Waals surface area contributed by atoms with Crippen molar-refractivity contribution in [3.8, 4) is 0 Å². The number of imidazole rings is 1. The van der Waals surface area contributed by atoms with Crippen molar-refractivity contribution < 1.29 is 0 Å². The number of aromatic nitrogens is 3. The first-order chi connectivity index (χ1) is 6.86. The highest BCUT2D eigenvalue weighted by molar-refractivity contribution is 5.71.